The van der Waals surface area contributed by atoms with E-state index in [1.54, 1.807) is 6.08 Å². The molecule has 0 saturated carbocycles. The van der Waals surface area contributed by atoms with Crippen molar-refractivity contribution in [2.24, 2.45) is 11.8 Å². The number of hydrogen-bond donors (Lipinski definition) is 0. The summed E-state index contributed by atoms with van der Waals surface area (Å²) in [4.78, 5) is 0. The second-order valence-corrected chi connectivity index (χ2v) is 3.88. The Morgan fingerprint density at radius 1 is 1.15 bits per heavy atom. The maximum Gasteiger partial charge on any atom is 0.153 e. The van der Waals surface area contributed by atoms with Gasteiger partial charge in [0.15, 0.2) is 12.3 Å². The van der Waals surface area contributed by atoms with Crippen LogP contribution in [-0.4, -0.2) is 12.3 Å². The van der Waals surface area contributed by atoms with Gasteiger partial charge in [-0.05, 0) is 17.9 Å². The van der Waals surface area contributed by atoms with E-state index in [1.165, 1.54) is 12.2 Å². The smallest absolute Gasteiger partial charge is 0.153 e. The van der Waals surface area contributed by atoms with E-state index in [0.29, 0.717) is 0 Å². The summed E-state index contributed by atoms with van der Waals surface area (Å²) in [6.45, 7) is 5.97. The normalized spacial score (nSPS) is 34.6. The Balaban J connectivity index is 2.92. The molecule has 0 spiro atoms. The average molecular weight is 186 g/mol. The van der Waals surface area contributed by atoms with E-state index in [4.69, 9.17) is 0 Å². The summed E-state index contributed by atoms with van der Waals surface area (Å²) in [7, 11) is 0. The maximum atomic E-state index is 13.1. The van der Waals surface area contributed by atoms with Crippen LogP contribution in [0, 0.1) is 11.8 Å². The van der Waals surface area contributed by atoms with Crippen molar-refractivity contribution >= 4 is 0 Å². The Morgan fingerprint density at radius 3 is 2.31 bits per heavy atom. The first-order valence-corrected chi connectivity index (χ1v) is 4.70. The molecule has 0 fully saturated rings. The first kappa shape index (κ1) is 10.4. The molecule has 13 heavy (non-hydrogen) atoms. The van der Waals surface area contributed by atoms with E-state index in [1.807, 2.05) is 20.8 Å². The highest BCUT2D eigenvalue weighted by molar-refractivity contribution is 5.22. The van der Waals surface area contributed by atoms with Crippen LogP contribution in [-0.2, 0) is 0 Å². The Labute approximate surface area is 78.3 Å². The van der Waals surface area contributed by atoms with Crippen molar-refractivity contribution < 1.29 is 8.78 Å². The summed E-state index contributed by atoms with van der Waals surface area (Å²) in [6, 6.07) is 0. The molecule has 74 valence electrons. The first-order valence-electron chi connectivity index (χ1n) is 4.70. The van der Waals surface area contributed by atoms with Gasteiger partial charge in [-0.25, -0.2) is 8.78 Å². The van der Waals surface area contributed by atoms with Gasteiger partial charge in [-0.3, -0.25) is 0 Å². The van der Waals surface area contributed by atoms with Gasteiger partial charge in [0.25, 0.3) is 0 Å². The van der Waals surface area contributed by atoms with Crippen molar-refractivity contribution in [3.8, 4) is 0 Å². The summed E-state index contributed by atoms with van der Waals surface area (Å²) in [5.74, 6) is 0.433. The van der Waals surface area contributed by atoms with Crippen molar-refractivity contribution in [3.63, 3.8) is 0 Å². The molecule has 0 nitrogen and oxygen atoms in total. The summed E-state index contributed by atoms with van der Waals surface area (Å²) >= 11 is 0. The molecule has 1 rings (SSSR count). The highest BCUT2D eigenvalue weighted by Gasteiger charge is 2.22. The van der Waals surface area contributed by atoms with Crippen LogP contribution in [0.15, 0.2) is 23.8 Å². The minimum Gasteiger partial charge on any atom is -0.239 e. The van der Waals surface area contributed by atoms with Crippen LogP contribution < -0.4 is 0 Å². The molecule has 3 atom stereocenters. The van der Waals surface area contributed by atoms with E-state index in [-0.39, 0.29) is 11.8 Å². The Hall–Kier alpha value is -0.660. The van der Waals surface area contributed by atoms with Crippen LogP contribution >= 0.6 is 0 Å². The van der Waals surface area contributed by atoms with Gasteiger partial charge >= 0.3 is 0 Å². The zero-order valence-electron chi connectivity index (χ0n) is 8.30. The topological polar surface area (TPSA) is 0 Å². The molecule has 0 N–H and O–H groups in total. The second-order valence-electron chi connectivity index (χ2n) is 3.88. The molecule has 0 heterocycles. The van der Waals surface area contributed by atoms with Crippen molar-refractivity contribution in [1.82, 2.24) is 0 Å². The molecule has 0 bridgehead atoms. The van der Waals surface area contributed by atoms with Gasteiger partial charge in [0.2, 0.25) is 0 Å². The van der Waals surface area contributed by atoms with Gasteiger partial charge in [0.1, 0.15) is 0 Å². The summed E-state index contributed by atoms with van der Waals surface area (Å²) in [5.41, 5.74) is 0.990. The molecule has 0 aromatic carbocycles. The zero-order chi connectivity index (χ0) is 10.0. The standard InChI is InChI=1S/C11H16F2/c1-7(2)9-6-11(13)10(12)5-4-8(9)3/h4-8,10-11H,1-3H3. The lowest BCUT2D eigenvalue weighted by molar-refractivity contribution is 0.247. The molecule has 1 aliphatic rings. The quantitative estimate of drug-likeness (QED) is 0.550. The zero-order valence-corrected chi connectivity index (χ0v) is 8.30. The van der Waals surface area contributed by atoms with Gasteiger partial charge in [0, 0.05) is 0 Å². The third-order valence-corrected chi connectivity index (χ3v) is 2.43. The Kier molecular flexibility index (Phi) is 3.23. The summed E-state index contributed by atoms with van der Waals surface area (Å²) in [5, 5.41) is 0. The fraction of sp³-hybridized carbons (Fsp3) is 0.636. The second kappa shape index (κ2) is 4.03. The molecule has 1 aliphatic carbocycles. The van der Waals surface area contributed by atoms with Crippen LogP contribution in [0.5, 0.6) is 0 Å². The van der Waals surface area contributed by atoms with Gasteiger partial charge in [0.05, 0.1) is 0 Å². The maximum absolute atomic E-state index is 13.1. The van der Waals surface area contributed by atoms with Crippen LogP contribution in [0.3, 0.4) is 0 Å². The lowest BCUT2D eigenvalue weighted by Crippen LogP contribution is -2.12. The third kappa shape index (κ3) is 2.39. The molecular weight excluding hydrogens is 170 g/mol. The van der Waals surface area contributed by atoms with Gasteiger partial charge < -0.3 is 0 Å². The molecule has 0 aromatic heterocycles. The number of rotatable bonds is 1. The molecular formula is C11H16F2. The third-order valence-electron chi connectivity index (χ3n) is 2.43. The SMILES string of the molecule is CC(C)C1=CC(F)C(F)C=CC1C. The lowest BCUT2D eigenvalue weighted by Gasteiger charge is -2.15. The fourth-order valence-electron chi connectivity index (χ4n) is 1.64. The molecule has 0 aliphatic heterocycles. The summed E-state index contributed by atoms with van der Waals surface area (Å²) in [6.07, 6.45) is 1.55. The van der Waals surface area contributed by atoms with Crippen molar-refractivity contribution in [3.05, 3.63) is 23.8 Å². The monoisotopic (exact) mass is 186 g/mol. The van der Waals surface area contributed by atoms with E-state index >= 15 is 0 Å². The number of hydrogen-bond acceptors (Lipinski definition) is 0. The lowest BCUT2D eigenvalue weighted by atomic mass is 9.91. The highest BCUT2D eigenvalue weighted by Crippen LogP contribution is 2.26. The minimum atomic E-state index is -1.47. The largest absolute Gasteiger partial charge is 0.239 e. The summed E-state index contributed by atoms with van der Waals surface area (Å²) < 4.78 is 26.1. The minimum absolute atomic E-state index is 0.152. The average Bonchev–Trinajstić information content (AvgIpc) is 2.18. The number of allylic oxidation sites excluding steroid dienone is 4. The van der Waals surface area contributed by atoms with Crippen LogP contribution in [0.4, 0.5) is 8.78 Å². The molecule has 0 amide bonds. The number of alkyl halides is 2. The van der Waals surface area contributed by atoms with E-state index in [2.05, 4.69) is 0 Å². The van der Waals surface area contributed by atoms with Crippen LogP contribution in [0.1, 0.15) is 20.8 Å². The molecule has 0 aromatic rings. The molecule has 2 heteroatoms. The van der Waals surface area contributed by atoms with Crippen LogP contribution in [0.25, 0.3) is 0 Å². The predicted octanol–water partition coefficient (Wildman–Crippen LogP) is 3.45. The van der Waals surface area contributed by atoms with E-state index in [0.717, 1.165) is 5.57 Å². The van der Waals surface area contributed by atoms with Gasteiger partial charge in [-0.1, -0.05) is 38.5 Å². The van der Waals surface area contributed by atoms with Gasteiger partial charge in [-0.15, -0.1) is 0 Å². The van der Waals surface area contributed by atoms with Gasteiger partial charge in [-0.2, -0.15) is 0 Å². The fourth-order valence-corrected chi connectivity index (χ4v) is 1.64. The highest BCUT2D eigenvalue weighted by atomic mass is 19.2. The Bertz CT molecular complexity index is 228. The molecule has 0 saturated heterocycles. The molecule has 0 radical (unpaired) electrons. The Morgan fingerprint density at radius 2 is 1.77 bits per heavy atom. The van der Waals surface area contributed by atoms with Crippen molar-refractivity contribution in [2.45, 2.75) is 33.1 Å². The van der Waals surface area contributed by atoms with Crippen LogP contribution in [0.2, 0.25) is 0 Å². The van der Waals surface area contributed by atoms with E-state index < -0.39 is 12.3 Å². The molecule has 3 unspecified atom stereocenters. The predicted molar refractivity (Wildman–Crippen MR) is 51.0 cm³/mol. The number of halogens is 2. The van der Waals surface area contributed by atoms with E-state index in [9.17, 15) is 8.78 Å². The van der Waals surface area contributed by atoms with Crippen molar-refractivity contribution in [1.29, 1.82) is 0 Å². The first-order chi connectivity index (χ1) is 6.02. The van der Waals surface area contributed by atoms with Crippen molar-refractivity contribution in [2.75, 3.05) is 0 Å².